The molecule has 5 nitrogen and oxygen atoms in total. The van der Waals surface area contributed by atoms with Crippen molar-refractivity contribution < 1.29 is 9.84 Å². The van der Waals surface area contributed by atoms with Crippen molar-refractivity contribution in [3.63, 3.8) is 0 Å². The van der Waals surface area contributed by atoms with E-state index in [1.807, 2.05) is 55.6 Å². The zero-order valence-corrected chi connectivity index (χ0v) is 14.8. The predicted molar refractivity (Wildman–Crippen MR) is 92.0 cm³/mol. The van der Waals surface area contributed by atoms with Gasteiger partial charge in [0.2, 0.25) is 0 Å². The molecule has 0 bridgehead atoms. The van der Waals surface area contributed by atoms with Gasteiger partial charge in [0.05, 0.1) is 12.7 Å². The fourth-order valence-corrected chi connectivity index (χ4v) is 2.64. The molecule has 0 aliphatic rings. The third-order valence-corrected chi connectivity index (χ3v) is 4.14. The van der Waals surface area contributed by atoms with E-state index >= 15 is 0 Å². The van der Waals surface area contributed by atoms with Gasteiger partial charge in [-0.3, -0.25) is 4.90 Å². The van der Waals surface area contributed by atoms with Crippen LogP contribution in [0.4, 0.5) is 0 Å². The van der Waals surface area contributed by atoms with Crippen LogP contribution in [0, 0.1) is 13.8 Å². The molecule has 1 aromatic heterocycles. The normalized spacial score (nSPS) is 12.7. The van der Waals surface area contributed by atoms with Gasteiger partial charge in [0, 0.05) is 13.6 Å². The highest BCUT2D eigenvalue weighted by Gasteiger charge is 2.13. The number of aryl methyl sites for hydroxylation is 2. The van der Waals surface area contributed by atoms with E-state index in [9.17, 15) is 5.11 Å². The summed E-state index contributed by atoms with van der Waals surface area (Å²) in [4.78, 5) is 6.25. The molecule has 0 spiro atoms. The lowest BCUT2D eigenvalue weighted by Crippen LogP contribution is -2.33. The lowest BCUT2D eigenvalue weighted by atomic mass is 10.1. The number of hydrogen-bond acceptors (Lipinski definition) is 4. The van der Waals surface area contributed by atoms with Crippen LogP contribution in [-0.4, -0.2) is 45.9 Å². The summed E-state index contributed by atoms with van der Waals surface area (Å²) in [5, 5.41) is 10.8. The van der Waals surface area contributed by atoms with E-state index in [1.54, 1.807) is 6.20 Å². The van der Waals surface area contributed by atoms with Crippen LogP contribution in [0.15, 0.2) is 24.4 Å². The SMILES string of the molecule is Cc1cccc(C)c1OCC(O)CN(C)Cc1ncc(Cl)n1C. The maximum Gasteiger partial charge on any atom is 0.128 e. The molecule has 2 rings (SSSR count). The molecular weight excluding hydrogens is 314 g/mol. The van der Waals surface area contributed by atoms with Crippen LogP contribution < -0.4 is 4.74 Å². The van der Waals surface area contributed by atoms with Gasteiger partial charge in [-0.15, -0.1) is 0 Å². The van der Waals surface area contributed by atoms with Crippen LogP contribution in [0.1, 0.15) is 17.0 Å². The van der Waals surface area contributed by atoms with Crippen LogP contribution >= 0.6 is 11.6 Å². The molecule has 0 saturated carbocycles. The number of likely N-dealkylation sites (N-methyl/N-ethyl adjacent to an activating group) is 1. The van der Waals surface area contributed by atoms with Crippen molar-refractivity contribution in [3.8, 4) is 5.75 Å². The Kier molecular flexibility index (Phi) is 6.04. The number of benzene rings is 1. The van der Waals surface area contributed by atoms with Crippen molar-refractivity contribution in [2.45, 2.75) is 26.5 Å². The Bertz CT molecular complexity index is 637. The van der Waals surface area contributed by atoms with Gasteiger partial charge in [0.25, 0.3) is 0 Å². The van der Waals surface area contributed by atoms with E-state index < -0.39 is 6.10 Å². The summed E-state index contributed by atoms with van der Waals surface area (Å²) in [5.41, 5.74) is 2.15. The summed E-state index contributed by atoms with van der Waals surface area (Å²) < 4.78 is 7.62. The number of nitrogens with zero attached hydrogens (tertiary/aromatic N) is 3. The largest absolute Gasteiger partial charge is 0.490 e. The zero-order chi connectivity index (χ0) is 17.0. The second-order valence-corrected chi connectivity index (χ2v) is 6.33. The van der Waals surface area contributed by atoms with Crippen molar-refractivity contribution in [3.05, 3.63) is 46.5 Å². The molecule has 126 valence electrons. The van der Waals surface area contributed by atoms with E-state index in [0.29, 0.717) is 18.2 Å². The lowest BCUT2D eigenvalue weighted by Gasteiger charge is -2.21. The molecule has 1 aromatic carbocycles. The number of aromatic nitrogens is 2. The van der Waals surface area contributed by atoms with Gasteiger partial charge >= 0.3 is 0 Å². The number of para-hydroxylation sites is 1. The molecule has 23 heavy (non-hydrogen) atoms. The fourth-order valence-electron chi connectivity index (χ4n) is 2.50. The molecule has 1 heterocycles. The van der Waals surface area contributed by atoms with Gasteiger partial charge in [-0.2, -0.15) is 0 Å². The smallest absolute Gasteiger partial charge is 0.128 e. The Morgan fingerprint density at radius 1 is 1.35 bits per heavy atom. The van der Waals surface area contributed by atoms with Gasteiger partial charge in [0.15, 0.2) is 0 Å². The summed E-state index contributed by atoms with van der Waals surface area (Å²) in [6.07, 6.45) is 1.06. The summed E-state index contributed by atoms with van der Waals surface area (Å²) in [6, 6.07) is 6.01. The van der Waals surface area contributed by atoms with Crippen LogP contribution in [0.3, 0.4) is 0 Å². The first-order valence-electron chi connectivity index (χ1n) is 7.60. The molecule has 0 aliphatic carbocycles. The minimum absolute atomic E-state index is 0.261. The molecule has 6 heteroatoms. The molecule has 1 N–H and O–H groups in total. The summed E-state index contributed by atoms with van der Waals surface area (Å²) in [5.74, 6) is 1.71. The van der Waals surface area contributed by atoms with Gasteiger partial charge < -0.3 is 14.4 Å². The van der Waals surface area contributed by atoms with Crippen LogP contribution in [-0.2, 0) is 13.6 Å². The number of halogens is 1. The fraction of sp³-hybridized carbons (Fsp3) is 0.471. The van der Waals surface area contributed by atoms with Crippen molar-refractivity contribution in [1.29, 1.82) is 0 Å². The summed E-state index contributed by atoms with van der Waals surface area (Å²) >= 11 is 5.98. The number of aliphatic hydroxyl groups excluding tert-OH is 1. The highest BCUT2D eigenvalue weighted by Crippen LogP contribution is 2.22. The quantitative estimate of drug-likeness (QED) is 0.843. The van der Waals surface area contributed by atoms with E-state index in [2.05, 4.69) is 4.98 Å². The van der Waals surface area contributed by atoms with Gasteiger partial charge in [-0.05, 0) is 32.0 Å². The maximum atomic E-state index is 10.2. The Morgan fingerprint density at radius 2 is 2.00 bits per heavy atom. The third-order valence-electron chi connectivity index (χ3n) is 3.79. The molecule has 1 unspecified atom stereocenters. The summed E-state index contributed by atoms with van der Waals surface area (Å²) in [7, 11) is 3.81. The topological polar surface area (TPSA) is 50.5 Å². The number of ether oxygens (including phenoxy) is 1. The van der Waals surface area contributed by atoms with E-state index in [-0.39, 0.29) is 6.61 Å². The molecule has 0 aliphatic heterocycles. The van der Waals surface area contributed by atoms with Gasteiger partial charge in [-0.25, -0.2) is 4.98 Å². The average Bonchev–Trinajstić information content (AvgIpc) is 2.78. The van der Waals surface area contributed by atoms with Crippen molar-refractivity contribution in [2.24, 2.45) is 7.05 Å². The molecule has 0 radical (unpaired) electrons. The van der Waals surface area contributed by atoms with E-state index in [1.165, 1.54) is 0 Å². The van der Waals surface area contributed by atoms with Crippen LogP contribution in [0.2, 0.25) is 5.15 Å². The monoisotopic (exact) mass is 337 g/mol. The van der Waals surface area contributed by atoms with E-state index in [0.717, 1.165) is 22.7 Å². The molecule has 0 fully saturated rings. The zero-order valence-electron chi connectivity index (χ0n) is 14.1. The maximum absolute atomic E-state index is 10.2. The Balaban J connectivity index is 1.84. The van der Waals surface area contributed by atoms with Gasteiger partial charge in [0.1, 0.15) is 29.4 Å². The number of aliphatic hydroxyl groups is 1. The van der Waals surface area contributed by atoms with Crippen LogP contribution in [0.5, 0.6) is 5.75 Å². The Morgan fingerprint density at radius 3 is 2.57 bits per heavy atom. The van der Waals surface area contributed by atoms with Gasteiger partial charge in [-0.1, -0.05) is 29.8 Å². The first-order chi connectivity index (χ1) is 10.9. The standard InChI is InChI=1S/C17H24ClN3O2/c1-12-6-5-7-13(2)17(12)23-11-14(22)9-20(3)10-16-19-8-15(18)21(16)4/h5-8,14,22H,9-11H2,1-4H3. The minimum atomic E-state index is -0.574. The molecule has 2 aromatic rings. The van der Waals surface area contributed by atoms with Crippen LogP contribution in [0.25, 0.3) is 0 Å². The van der Waals surface area contributed by atoms with Crippen molar-refractivity contribution in [2.75, 3.05) is 20.2 Å². The van der Waals surface area contributed by atoms with Crippen molar-refractivity contribution >= 4 is 11.6 Å². The Hall–Kier alpha value is -1.56. The Labute approximate surface area is 142 Å². The first kappa shape index (κ1) is 17.8. The molecule has 1 atom stereocenters. The number of rotatable bonds is 7. The second-order valence-electron chi connectivity index (χ2n) is 5.94. The predicted octanol–water partition coefficient (Wildman–Crippen LogP) is 2.56. The highest BCUT2D eigenvalue weighted by molar-refractivity contribution is 6.29. The molecule has 0 amide bonds. The second kappa shape index (κ2) is 7.81. The summed E-state index contributed by atoms with van der Waals surface area (Å²) in [6.45, 7) is 5.38. The van der Waals surface area contributed by atoms with Crippen molar-refractivity contribution in [1.82, 2.24) is 14.5 Å². The third kappa shape index (κ3) is 4.70. The first-order valence-corrected chi connectivity index (χ1v) is 7.98. The minimum Gasteiger partial charge on any atom is -0.490 e. The van der Waals surface area contributed by atoms with E-state index in [4.69, 9.17) is 16.3 Å². The lowest BCUT2D eigenvalue weighted by molar-refractivity contribution is 0.0729. The molecular formula is C17H24ClN3O2. The number of imidazole rings is 1. The number of hydrogen-bond donors (Lipinski definition) is 1. The molecule has 0 saturated heterocycles. The highest BCUT2D eigenvalue weighted by atomic mass is 35.5. The average molecular weight is 338 g/mol.